The number of aromatic nitrogens is 2. The monoisotopic (exact) mass is 489 g/mol. The Bertz CT molecular complexity index is 1360. The van der Waals surface area contributed by atoms with Gasteiger partial charge in [0.05, 0.1) is 17.3 Å². The third-order valence-corrected chi connectivity index (χ3v) is 5.47. The van der Waals surface area contributed by atoms with Crippen LogP contribution in [0.3, 0.4) is 0 Å². The number of anilines is 1. The van der Waals surface area contributed by atoms with Gasteiger partial charge in [-0.3, -0.25) is 14.3 Å². The molecule has 9 heteroatoms. The second-order valence-corrected chi connectivity index (χ2v) is 8.22. The van der Waals surface area contributed by atoms with Crippen LogP contribution in [-0.2, 0) is 6.54 Å². The van der Waals surface area contributed by atoms with E-state index in [4.69, 9.17) is 34.8 Å². The molecule has 1 heterocycles. The largest absolute Gasteiger partial charge is 0.322 e. The maximum Gasteiger partial charge on any atom is 0.284 e. The average Bonchev–Trinajstić information content (AvgIpc) is 3.06. The summed E-state index contributed by atoms with van der Waals surface area (Å²) in [7, 11) is 0. The summed E-state index contributed by atoms with van der Waals surface area (Å²) in [5.74, 6) is -1.01. The van der Waals surface area contributed by atoms with E-state index in [2.05, 4.69) is 5.32 Å². The molecule has 0 saturated heterocycles. The number of carbonyl (C=O) groups excluding carboxylic acids is 1. The molecular weight excluding hydrogens is 476 g/mol. The van der Waals surface area contributed by atoms with Gasteiger partial charge in [0, 0.05) is 21.9 Å². The van der Waals surface area contributed by atoms with Gasteiger partial charge in [-0.15, -0.1) is 0 Å². The summed E-state index contributed by atoms with van der Waals surface area (Å²) in [5.41, 5.74) is 0.721. The van der Waals surface area contributed by atoms with Gasteiger partial charge in [0.15, 0.2) is 0 Å². The van der Waals surface area contributed by atoms with Crippen molar-refractivity contribution in [3.05, 3.63) is 115 Å². The number of hydrogen-bond donors (Lipinski definition) is 1. The molecule has 1 amide bonds. The molecule has 1 N–H and O–H groups in total. The van der Waals surface area contributed by atoms with E-state index in [1.54, 1.807) is 48.5 Å². The number of halogens is 4. The first-order valence-corrected chi connectivity index (χ1v) is 10.5. The molecule has 4 aromatic rings. The second kappa shape index (κ2) is 9.20. The van der Waals surface area contributed by atoms with Crippen LogP contribution >= 0.6 is 34.8 Å². The molecule has 1 aromatic heterocycles. The fraction of sp³-hybridized carbons (Fsp3) is 0.0435. The number of carbonyl (C=O) groups is 1. The van der Waals surface area contributed by atoms with E-state index in [0.717, 1.165) is 0 Å². The molecular formula is C23H15Cl3FN3O2. The zero-order valence-corrected chi connectivity index (χ0v) is 18.6. The molecule has 0 fully saturated rings. The number of hydrogen-bond acceptors (Lipinski definition) is 2. The van der Waals surface area contributed by atoms with Crippen LogP contribution in [-0.4, -0.2) is 15.3 Å². The van der Waals surface area contributed by atoms with E-state index in [1.807, 2.05) is 0 Å². The maximum atomic E-state index is 13.7. The van der Waals surface area contributed by atoms with Crippen LogP contribution in [0.5, 0.6) is 0 Å². The summed E-state index contributed by atoms with van der Waals surface area (Å²) in [5, 5.41) is 3.82. The highest BCUT2D eigenvalue weighted by Gasteiger charge is 2.21. The Balaban J connectivity index is 1.79. The van der Waals surface area contributed by atoms with Gasteiger partial charge in [-0.2, -0.15) is 0 Å². The molecule has 5 nitrogen and oxygen atoms in total. The first-order chi connectivity index (χ1) is 15.3. The predicted molar refractivity (Wildman–Crippen MR) is 125 cm³/mol. The van der Waals surface area contributed by atoms with E-state index >= 15 is 0 Å². The van der Waals surface area contributed by atoms with E-state index in [0.29, 0.717) is 27.0 Å². The molecule has 0 aliphatic carbocycles. The van der Waals surface area contributed by atoms with E-state index in [-0.39, 0.29) is 17.1 Å². The summed E-state index contributed by atoms with van der Waals surface area (Å²) < 4.78 is 16.5. The minimum absolute atomic E-state index is 0.109. The van der Waals surface area contributed by atoms with Crippen molar-refractivity contribution in [2.75, 3.05) is 5.32 Å². The van der Waals surface area contributed by atoms with Crippen molar-refractivity contribution < 1.29 is 9.18 Å². The summed E-state index contributed by atoms with van der Waals surface area (Å²) >= 11 is 18.2. The first kappa shape index (κ1) is 22.1. The lowest BCUT2D eigenvalue weighted by Crippen LogP contribution is -2.26. The molecule has 32 heavy (non-hydrogen) atoms. The molecule has 0 saturated carbocycles. The Morgan fingerprint density at radius 3 is 2.34 bits per heavy atom. The number of amides is 1. The van der Waals surface area contributed by atoms with Gasteiger partial charge < -0.3 is 5.32 Å². The van der Waals surface area contributed by atoms with Gasteiger partial charge in [0.2, 0.25) is 0 Å². The smallest absolute Gasteiger partial charge is 0.284 e. The highest BCUT2D eigenvalue weighted by atomic mass is 35.5. The van der Waals surface area contributed by atoms with E-state index in [9.17, 15) is 14.0 Å². The van der Waals surface area contributed by atoms with Crippen molar-refractivity contribution in [2.45, 2.75) is 6.54 Å². The van der Waals surface area contributed by atoms with Crippen LogP contribution in [0, 0.1) is 5.82 Å². The highest BCUT2D eigenvalue weighted by Crippen LogP contribution is 2.24. The van der Waals surface area contributed by atoms with Crippen molar-refractivity contribution in [3.8, 4) is 5.69 Å². The van der Waals surface area contributed by atoms with Gasteiger partial charge in [-0.05, 0) is 60.2 Å². The van der Waals surface area contributed by atoms with E-state index in [1.165, 1.54) is 33.8 Å². The molecule has 162 valence electrons. The van der Waals surface area contributed by atoms with Crippen molar-refractivity contribution >= 4 is 46.4 Å². The normalized spacial score (nSPS) is 10.9. The quantitative estimate of drug-likeness (QED) is 0.371. The number of rotatable bonds is 5. The number of benzene rings is 3. The molecule has 0 atom stereocenters. The summed E-state index contributed by atoms with van der Waals surface area (Å²) in [6.07, 6.45) is 1.41. The fourth-order valence-electron chi connectivity index (χ4n) is 3.22. The lowest BCUT2D eigenvalue weighted by Gasteiger charge is -2.13. The highest BCUT2D eigenvalue weighted by molar-refractivity contribution is 6.35. The second-order valence-electron chi connectivity index (χ2n) is 6.94. The third kappa shape index (κ3) is 4.72. The molecule has 4 rings (SSSR count). The zero-order chi connectivity index (χ0) is 22.8. The van der Waals surface area contributed by atoms with Gasteiger partial charge in [-0.1, -0.05) is 46.9 Å². The molecule has 0 unspecified atom stereocenters. The van der Waals surface area contributed by atoms with Crippen LogP contribution in [0.25, 0.3) is 5.69 Å². The zero-order valence-electron chi connectivity index (χ0n) is 16.4. The SMILES string of the molecule is O=C(Nc1ccc(Cl)cc1)c1cn(Cc2cccc(F)c2)n(-c2ccc(Cl)cc2Cl)c1=O. The molecule has 0 bridgehead atoms. The Morgan fingerprint density at radius 2 is 1.66 bits per heavy atom. The van der Waals surface area contributed by atoms with E-state index < -0.39 is 17.3 Å². The predicted octanol–water partition coefficient (Wildman–Crippen LogP) is 6.04. The molecule has 0 aliphatic heterocycles. The van der Waals surface area contributed by atoms with Gasteiger partial charge >= 0.3 is 0 Å². The van der Waals surface area contributed by atoms with Crippen LogP contribution in [0.2, 0.25) is 15.1 Å². The Morgan fingerprint density at radius 1 is 0.938 bits per heavy atom. The van der Waals surface area contributed by atoms with Gasteiger partial charge in [0.25, 0.3) is 11.5 Å². The maximum absolute atomic E-state index is 13.7. The molecule has 0 aliphatic rings. The van der Waals surface area contributed by atoms with Crippen molar-refractivity contribution in [1.82, 2.24) is 9.36 Å². The summed E-state index contributed by atoms with van der Waals surface area (Å²) in [6, 6.07) is 17.1. The third-order valence-electron chi connectivity index (χ3n) is 4.68. The Labute approximate surface area is 197 Å². The van der Waals surface area contributed by atoms with Gasteiger partial charge in [0.1, 0.15) is 11.4 Å². The molecule has 0 radical (unpaired) electrons. The summed E-state index contributed by atoms with van der Waals surface area (Å²) in [6.45, 7) is 0.125. The lowest BCUT2D eigenvalue weighted by molar-refractivity contribution is 0.102. The number of nitrogens with zero attached hydrogens (tertiary/aromatic N) is 2. The molecule has 3 aromatic carbocycles. The Hall–Kier alpha value is -3.06. The van der Waals surface area contributed by atoms with Crippen molar-refractivity contribution in [2.24, 2.45) is 0 Å². The van der Waals surface area contributed by atoms with Crippen molar-refractivity contribution in [1.29, 1.82) is 0 Å². The van der Waals surface area contributed by atoms with Crippen LogP contribution < -0.4 is 10.9 Å². The minimum Gasteiger partial charge on any atom is -0.322 e. The summed E-state index contributed by atoms with van der Waals surface area (Å²) in [4.78, 5) is 26.1. The average molecular weight is 491 g/mol. The number of nitrogens with one attached hydrogen (secondary N) is 1. The topological polar surface area (TPSA) is 56.0 Å². The van der Waals surface area contributed by atoms with Gasteiger partial charge in [-0.25, -0.2) is 9.07 Å². The standard InChI is InChI=1S/C23H15Cl3FN3O2/c24-15-4-7-18(8-5-15)28-22(31)19-13-29(12-14-2-1-3-17(27)10-14)30(23(19)32)21-9-6-16(25)11-20(21)26/h1-11,13H,12H2,(H,28,31). The minimum atomic E-state index is -0.603. The molecule has 0 spiro atoms. The first-order valence-electron chi connectivity index (χ1n) is 9.41. The van der Waals surface area contributed by atoms with Crippen LogP contribution in [0.4, 0.5) is 10.1 Å². The lowest BCUT2D eigenvalue weighted by atomic mass is 10.2. The van der Waals surface area contributed by atoms with Crippen molar-refractivity contribution in [3.63, 3.8) is 0 Å². The van der Waals surface area contributed by atoms with Crippen LogP contribution in [0.15, 0.2) is 77.7 Å². The fourth-order valence-corrected chi connectivity index (χ4v) is 3.83. The Kier molecular flexibility index (Phi) is 6.37. The van der Waals surface area contributed by atoms with Crippen LogP contribution in [0.1, 0.15) is 15.9 Å².